The SMILES string of the molecule is CC[C@H](C)n1c(=O)c(NCc2ccc(S(=O)(=O)CC)cn2)nc2cnc(-c3cncnc3C(C)C)nc21.[HH]. The van der Waals surface area contributed by atoms with Gasteiger partial charge in [-0.05, 0) is 31.4 Å². The number of hydrogen-bond donors (Lipinski definition) is 1. The second-order valence-electron chi connectivity index (χ2n) is 9.01. The molecule has 0 aromatic carbocycles. The van der Waals surface area contributed by atoms with E-state index in [1.54, 1.807) is 30.0 Å². The molecule has 0 aliphatic heterocycles. The van der Waals surface area contributed by atoms with Gasteiger partial charge in [0.2, 0.25) is 0 Å². The number of pyridine rings is 1. The maximum Gasteiger partial charge on any atom is 0.295 e. The molecule has 1 atom stereocenters. The number of hydrogen-bond acceptors (Lipinski definition) is 10. The third-order valence-electron chi connectivity index (χ3n) is 6.17. The molecule has 0 spiro atoms. The molecule has 4 aromatic rings. The predicted octanol–water partition coefficient (Wildman–Crippen LogP) is 3.78. The van der Waals surface area contributed by atoms with Crippen LogP contribution in [0.1, 0.15) is 65.8 Å². The van der Waals surface area contributed by atoms with Crippen molar-refractivity contribution in [3.05, 3.63) is 58.8 Å². The van der Waals surface area contributed by atoms with Crippen LogP contribution in [0.3, 0.4) is 0 Å². The normalized spacial score (nSPS) is 12.7. The maximum atomic E-state index is 13.5. The Balaban J connectivity index is 0.00000400. The molecule has 0 radical (unpaired) electrons. The zero-order valence-electron chi connectivity index (χ0n) is 21.5. The Morgan fingerprint density at radius 3 is 2.46 bits per heavy atom. The molecule has 0 saturated heterocycles. The van der Waals surface area contributed by atoms with Gasteiger partial charge in [0.15, 0.2) is 27.1 Å². The van der Waals surface area contributed by atoms with E-state index in [0.29, 0.717) is 34.7 Å². The standard InChI is InChI=1S/C25H30N8O3S.H2/c1-6-16(5)33-24-20(13-29-22(32-24)19-12-26-14-30-21(19)15(3)4)31-23(25(33)34)28-10-17-8-9-18(11-27-17)37(35,36)7-2;/h8-9,11-16H,6-7,10H2,1-5H3,(H,28,31);1H/t16-;/m0./s1. The largest absolute Gasteiger partial charge is 0.360 e. The molecule has 0 aliphatic rings. The third kappa shape index (κ3) is 5.33. The van der Waals surface area contributed by atoms with Crippen molar-refractivity contribution in [1.29, 1.82) is 0 Å². The van der Waals surface area contributed by atoms with Crippen molar-refractivity contribution < 1.29 is 9.84 Å². The van der Waals surface area contributed by atoms with Crippen molar-refractivity contribution in [3.8, 4) is 11.4 Å². The zero-order valence-corrected chi connectivity index (χ0v) is 22.3. The summed E-state index contributed by atoms with van der Waals surface area (Å²) in [7, 11) is -3.33. The van der Waals surface area contributed by atoms with Gasteiger partial charge in [0.25, 0.3) is 5.56 Å². The summed E-state index contributed by atoms with van der Waals surface area (Å²) in [5.41, 5.74) is 2.69. The van der Waals surface area contributed by atoms with Gasteiger partial charge < -0.3 is 5.32 Å². The van der Waals surface area contributed by atoms with Gasteiger partial charge in [-0.25, -0.2) is 33.3 Å². The van der Waals surface area contributed by atoms with E-state index in [2.05, 4.69) is 30.2 Å². The zero-order chi connectivity index (χ0) is 26.7. The lowest BCUT2D eigenvalue weighted by Crippen LogP contribution is -2.28. The first-order chi connectivity index (χ1) is 17.7. The number of aromatic nitrogens is 7. The van der Waals surface area contributed by atoms with Gasteiger partial charge in [0.05, 0.1) is 40.3 Å². The molecule has 11 nitrogen and oxygen atoms in total. The highest BCUT2D eigenvalue weighted by Gasteiger charge is 2.20. The van der Waals surface area contributed by atoms with Crippen molar-refractivity contribution in [2.75, 3.05) is 11.1 Å². The molecular weight excluding hydrogens is 492 g/mol. The number of sulfone groups is 1. The molecule has 1 N–H and O–H groups in total. The summed E-state index contributed by atoms with van der Waals surface area (Å²) in [6.45, 7) is 9.79. The van der Waals surface area contributed by atoms with Crippen LogP contribution in [0.2, 0.25) is 0 Å². The molecule has 0 amide bonds. The molecule has 0 saturated carbocycles. The van der Waals surface area contributed by atoms with Crippen LogP contribution in [-0.2, 0) is 16.4 Å². The Labute approximate surface area is 216 Å². The van der Waals surface area contributed by atoms with E-state index in [1.807, 2.05) is 27.7 Å². The number of fused-ring (bicyclic) bond motifs is 1. The molecule has 0 aliphatic carbocycles. The first-order valence-corrected chi connectivity index (χ1v) is 13.8. The molecule has 4 aromatic heterocycles. The number of rotatable bonds is 9. The summed E-state index contributed by atoms with van der Waals surface area (Å²) in [5, 5.41) is 3.05. The van der Waals surface area contributed by atoms with Crippen molar-refractivity contribution in [1.82, 2.24) is 34.5 Å². The highest BCUT2D eigenvalue weighted by Crippen LogP contribution is 2.26. The van der Waals surface area contributed by atoms with E-state index in [0.717, 1.165) is 5.69 Å². The first-order valence-electron chi connectivity index (χ1n) is 12.2. The van der Waals surface area contributed by atoms with Crippen LogP contribution in [0.25, 0.3) is 22.6 Å². The second-order valence-corrected chi connectivity index (χ2v) is 11.3. The maximum absolute atomic E-state index is 13.5. The summed E-state index contributed by atoms with van der Waals surface area (Å²) < 4.78 is 25.7. The van der Waals surface area contributed by atoms with E-state index < -0.39 is 9.84 Å². The smallest absolute Gasteiger partial charge is 0.295 e. The number of nitrogens with one attached hydrogen (secondary N) is 1. The van der Waals surface area contributed by atoms with Gasteiger partial charge in [-0.3, -0.25) is 14.3 Å². The topological polar surface area (TPSA) is 146 Å². The van der Waals surface area contributed by atoms with Crippen LogP contribution in [-0.4, -0.2) is 48.6 Å². The summed E-state index contributed by atoms with van der Waals surface area (Å²) in [5.74, 6) is 0.718. The molecule has 12 heteroatoms. The summed E-state index contributed by atoms with van der Waals surface area (Å²) >= 11 is 0. The first kappa shape index (κ1) is 26.3. The fourth-order valence-corrected chi connectivity index (χ4v) is 4.67. The van der Waals surface area contributed by atoms with E-state index in [4.69, 9.17) is 4.98 Å². The fraction of sp³-hybridized carbons (Fsp3) is 0.400. The summed E-state index contributed by atoms with van der Waals surface area (Å²) in [6, 6.07) is 2.99. The van der Waals surface area contributed by atoms with Crippen LogP contribution >= 0.6 is 0 Å². The molecule has 0 bridgehead atoms. The molecule has 0 unspecified atom stereocenters. The van der Waals surface area contributed by atoms with E-state index >= 15 is 0 Å². The van der Waals surface area contributed by atoms with Crippen LogP contribution in [0, 0.1) is 0 Å². The molecule has 196 valence electrons. The molecular formula is C25H32N8O3S. The Hall–Kier alpha value is -3.80. The highest BCUT2D eigenvalue weighted by molar-refractivity contribution is 7.91. The number of nitrogens with zero attached hydrogens (tertiary/aromatic N) is 7. The Morgan fingerprint density at radius 2 is 1.81 bits per heavy atom. The van der Waals surface area contributed by atoms with Gasteiger partial charge in [-0.15, -0.1) is 0 Å². The number of anilines is 1. The predicted molar refractivity (Wildman–Crippen MR) is 143 cm³/mol. The minimum Gasteiger partial charge on any atom is -0.360 e. The molecule has 4 heterocycles. The molecule has 37 heavy (non-hydrogen) atoms. The Kier molecular flexibility index (Phi) is 7.58. The van der Waals surface area contributed by atoms with Gasteiger partial charge >= 0.3 is 0 Å². The van der Waals surface area contributed by atoms with E-state index in [1.165, 1.54) is 18.6 Å². The van der Waals surface area contributed by atoms with Crippen molar-refractivity contribution in [3.63, 3.8) is 0 Å². The van der Waals surface area contributed by atoms with Gasteiger partial charge in [-0.1, -0.05) is 27.7 Å². The van der Waals surface area contributed by atoms with E-state index in [9.17, 15) is 13.2 Å². The third-order valence-corrected chi connectivity index (χ3v) is 7.89. The highest BCUT2D eigenvalue weighted by atomic mass is 32.2. The summed E-state index contributed by atoms with van der Waals surface area (Å²) in [4.78, 5) is 40.2. The Morgan fingerprint density at radius 1 is 1.03 bits per heavy atom. The van der Waals surface area contributed by atoms with Crippen molar-refractivity contribution >= 4 is 26.8 Å². The van der Waals surface area contributed by atoms with E-state index in [-0.39, 0.29) is 42.0 Å². The Bertz CT molecular complexity index is 1590. The van der Waals surface area contributed by atoms with Crippen LogP contribution < -0.4 is 10.9 Å². The van der Waals surface area contributed by atoms with Crippen LogP contribution in [0.15, 0.2) is 46.7 Å². The molecule has 4 rings (SSSR count). The quantitative estimate of drug-likeness (QED) is 0.343. The lowest BCUT2D eigenvalue weighted by Gasteiger charge is -2.18. The second kappa shape index (κ2) is 10.7. The van der Waals surface area contributed by atoms with Crippen LogP contribution in [0.5, 0.6) is 0 Å². The lowest BCUT2D eigenvalue weighted by atomic mass is 10.0. The summed E-state index contributed by atoms with van der Waals surface area (Å²) in [6.07, 6.45) is 6.82. The average molecular weight is 525 g/mol. The van der Waals surface area contributed by atoms with Crippen molar-refractivity contribution in [2.24, 2.45) is 0 Å². The fourth-order valence-electron chi connectivity index (χ4n) is 3.85. The van der Waals surface area contributed by atoms with Gasteiger partial charge in [0.1, 0.15) is 11.8 Å². The monoisotopic (exact) mass is 524 g/mol. The van der Waals surface area contributed by atoms with Gasteiger partial charge in [0, 0.05) is 19.9 Å². The minimum absolute atomic E-state index is 0. The van der Waals surface area contributed by atoms with Crippen molar-refractivity contribution in [2.45, 2.75) is 64.4 Å². The lowest BCUT2D eigenvalue weighted by molar-refractivity contribution is 0.526. The average Bonchev–Trinajstić information content (AvgIpc) is 2.91. The molecule has 0 fully saturated rings. The van der Waals surface area contributed by atoms with Crippen LogP contribution in [0.4, 0.5) is 5.82 Å². The minimum atomic E-state index is -3.33. The van der Waals surface area contributed by atoms with Gasteiger partial charge in [-0.2, -0.15) is 0 Å².